The quantitative estimate of drug-likeness (QED) is 0.168. The molecule has 2 aromatic carbocycles. The molecule has 0 bridgehead atoms. The van der Waals surface area contributed by atoms with Gasteiger partial charge in [-0.05, 0) is 24.1 Å². The number of aromatic nitrogens is 4. The summed E-state index contributed by atoms with van der Waals surface area (Å²) >= 11 is 10.1. The summed E-state index contributed by atoms with van der Waals surface area (Å²) in [5.41, 5.74) is 2.95. The number of rotatable bonds is 8. The van der Waals surface area contributed by atoms with Crippen LogP contribution in [0.1, 0.15) is 27.2 Å². The summed E-state index contributed by atoms with van der Waals surface area (Å²) in [7, 11) is 0. The number of thioether (sulfide) groups is 2. The minimum Gasteiger partial charge on any atom is -0.295 e. The highest BCUT2D eigenvalue weighted by Gasteiger charge is 2.17. The van der Waals surface area contributed by atoms with E-state index in [1.165, 1.54) is 52.7 Å². The standard InChI is InChI=1S/C22H17ClFN5OS3/c1-13-5-4-6-14(9-13)11-31-20-25-10-16(23)18(26-20)19(30)27-21-28-29-22(33-21)32-12-15-7-2-3-8-17(15)24/h2-10H,11-12H2,1H3,(H,27,28,30). The van der Waals surface area contributed by atoms with Crippen LogP contribution < -0.4 is 5.32 Å². The van der Waals surface area contributed by atoms with Crippen LogP contribution in [0.3, 0.4) is 0 Å². The fraction of sp³-hybridized carbons (Fsp3) is 0.136. The Kier molecular flexibility index (Phi) is 7.92. The molecule has 33 heavy (non-hydrogen) atoms. The highest BCUT2D eigenvalue weighted by atomic mass is 35.5. The number of hydrogen-bond donors (Lipinski definition) is 1. The van der Waals surface area contributed by atoms with Gasteiger partial charge in [-0.2, -0.15) is 0 Å². The Morgan fingerprint density at radius 3 is 2.79 bits per heavy atom. The summed E-state index contributed by atoms with van der Waals surface area (Å²) in [5, 5.41) is 11.6. The van der Waals surface area contributed by atoms with Crippen molar-refractivity contribution in [2.45, 2.75) is 27.9 Å². The first-order chi connectivity index (χ1) is 16.0. The second-order valence-corrected chi connectivity index (χ2v) is 10.4. The molecular weight excluding hydrogens is 501 g/mol. The van der Waals surface area contributed by atoms with Crippen molar-refractivity contribution >= 4 is 57.5 Å². The Morgan fingerprint density at radius 2 is 1.97 bits per heavy atom. The van der Waals surface area contributed by atoms with Gasteiger partial charge in [0.1, 0.15) is 5.82 Å². The molecule has 4 aromatic rings. The van der Waals surface area contributed by atoms with Gasteiger partial charge in [-0.3, -0.25) is 10.1 Å². The Bertz CT molecular complexity index is 1290. The molecule has 0 saturated carbocycles. The first-order valence-corrected chi connectivity index (χ1v) is 12.9. The monoisotopic (exact) mass is 517 g/mol. The first kappa shape index (κ1) is 23.6. The average Bonchev–Trinajstić information content (AvgIpc) is 3.25. The second kappa shape index (κ2) is 11.1. The number of benzene rings is 2. The maximum Gasteiger partial charge on any atom is 0.277 e. The molecule has 4 rings (SSSR count). The Morgan fingerprint density at radius 1 is 1.12 bits per heavy atom. The summed E-state index contributed by atoms with van der Waals surface area (Å²) in [5.74, 6) is 0.317. The Balaban J connectivity index is 1.38. The molecule has 11 heteroatoms. The number of aryl methyl sites for hydroxylation is 1. The number of carbonyl (C=O) groups excluding carboxylic acids is 1. The summed E-state index contributed by atoms with van der Waals surface area (Å²) in [6, 6.07) is 14.7. The lowest BCUT2D eigenvalue weighted by atomic mass is 10.2. The zero-order chi connectivity index (χ0) is 23.2. The van der Waals surface area contributed by atoms with Crippen LogP contribution in [0, 0.1) is 12.7 Å². The van der Waals surface area contributed by atoms with E-state index in [0.29, 0.717) is 31.7 Å². The molecule has 0 aliphatic carbocycles. The molecule has 2 aromatic heterocycles. The van der Waals surface area contributed by atoms with Crippen LogP contribution in [-0.4, -0.2) is 26.1 Å². The molecule has 0 radical (unpaired) electrons. The molecule has 2 heterocycles. The number of anilines is 1. The predicted octanol–water partition coefficient (Wildman–Crippen LogP) is 6.27. The lowest BCUT2D eigenvalue weighted by Crippen LogP contribution is -2.15. The van der Waals surface area contributed by atoms with E-state index in [-0.39, 0.29) is 16.5 Å². The Hall–Kier alpha value is -2.53. The zero-order valence-electron chi connectivity index (χ0n) is 17.3. The van der Waals surface area contributed by atoms with Gasteiger partial charge in [0.05, 0.1) is 11.2 Å². The van der Waals surface area contributed by atoms with Crippen molar-refractivity contribution in [3.8, 4) is 0 Å². The van der Waals surface area contributed by atoms with Gasteiger partial charge in [0.15, 0.2) is 15.2 Å². The van der Waals surface area contributed by atoms with Crippen LogP contribution in [0.2, 0.25) is 5.02 Å². The van der Waals surface area contributed by atoms with Crippen LogP contribution in [0.4, 0.5) is 9.52 Å². The maximum atomic E-state index is 13.8. The van der Waals surface area contributed by atoms with Gasteiger partial charge in [-0.25, -0.2) is 14.4 Å². The van der Waals surface area contributed by atoms with Gasteiger partial charge in [0.2, 0.25) is 5.13 Å². The Labute approximate surface area is 207 Å². The third-order valence-electron chi connectivity index (χ3n) is 4.32. The number of halogens is 2. The topological polar surface area (TPSA) is 80.7 Å². The molecule has 0 unspecified atom stereocenters. The van der Waals surface area contributed by atoms with Gasteiger partial charge in [-0.15, -0.1) is 10.2 Å². The predicted molar refractivity (Wildman–Crippen MR) is 132 cm³/mol. The van der Waals surface area contributed by atoms with Crippen LogP contribution >= 0.6 is 46.5 Å². The minimum absolute atomic E-state index is 0.0640. The summed E-state index contributed by atoms with van der Waals surface area (Å²) in [6.45, 7) is 2.03. The van der Waals surface area contributed by atoms with Crippen molar-refractivity contribution in [3.05, 3.63) is 88.0 Å². The highest BCUT2D eigenvalue weighted by molar-refractivity contribution is 8.00. The van der Waals surface area contributed by atoms with Crippen molar-refractivity contribution in [1.29, 1.82) is 0 Å². The van der Waals surface area contributed by atoms with Crippen LogP contribution in [0.15, 0.2) is 64.2 Å². The smallest absolute Gasteiger partial charge is 0.277 e. The molecule has 6 nitrogen and oxygen atoms in total. The van der Waals surface area contributed by atoms with Gasteiger partial charge in [0, 0.05) is 11.5 Å². The van der Waals surface area contributed by atoms with Gasteiger partial charge >= 0.3 is 0 Å². The molecule has 0 atom stereocenters. The highest BCUT2D eigenvalue weighted by Crippen LogP contribution is 2.29. The van der Waals surface area contributed by atoms with Crippen molar-refractivity contribution in [2.75, 3.05) is 5.32 Å². The fourth-order valence-corrected chi connectivity index (χ4v) is 5.43. The maximum absolute atomic E-state index is 13.8. The summed E-state index contributed by atoms with van der Waals surface area (Å²) in [4.78, 5) is 21.3. The summed E-state index contributed by atoms with van der Waals surface area (Å²) < 4.78 is 14.4. The fourth-order valence-electron chi connectivity index (χ4n) is 2.76. The third kappa shape index (κ3) is 6.50. The SMILES string of the molecule is Cc1cccc(CSc2ncc(Cl)c(C(=O)Nc3nnc(SCc4ccccc4F)s3)n2)c1. The van der Waals surface area contributed by atoms with E-state index in [1.54, 1.807) is 18.2 Å². The van der Waals surface area contributed by atoms with Crippen molar-refractivity contribution < 1.29 is 9.18 Å². The molecule has 1 amide bonds. The molecule has 0 saturated heterocycles. The van der Waals surface area contributed by atoms with Crippen LogP contribution in [0.5, 0.6) is 0 Å². The van der Waals surface area contributed by atoms with E-state index < -0.39 is 5.91 Å². The van der Waals surface area contributed by atoms with E-state index in [0.717, 1.165) is 5.56 Å². The average molecular weight is 518 g/mol. The van der Waals surface area contributed by atoms with Crippen LogP contribution in [0.25, 0.3) is 0 Å². The van der Waals surface area contributed by atoms with E-state index in [9.17, 15) is 9.18 Å². The third-order valence-corrected chi connectivity index (χ3v) is 7.55. The van der Waals surface area contributed by atoms with E-state index >= 15 is 0 Å². The number of amides is 1. The van der Waals surface area contributed by atoms with Crippen molar-refractivity contribution in [2.24, 2.45) is 0 Å². The van der Waals surface area contributed by atoms with E-state index in [2.05, 4.69) is 31.5 Å². The summed E-state index contributed by atoms with van der Waals surface area (Å²) in [6.07, 6.45) is 1.41. The number of nitrogens with one attached hydrogen (secondary N) is 1. The number of carbonyl (C=O) groups is 1. The first-order valence-electron chi connectivity index (χ1n) is 9.70. The minimum atomic E-state index is -0.499. The van der Waals surface area contributed by atoms with E-state index in [4.69, 9.17) is 11.6 Å². The normalized spacial score (nSPS) is 10.9. The zero-order valence-corrected chi connectivity index (χ0v) is 20.5. The molecule has 1 N–H and O–H groups in total. The molecule has 168 valence electrons. The molecule has 0 spiro atoms. The largest absolute Gasteiger partial charge is 0.295 e. The van der Waals surface area contributed by atoms with Crippen molar-refractivity contribution in [3.63, 3.8) is 0 Å². The second-order valence-electron chi connectivity index (χ2n) is 6.83. The number of hydrogen-bond acceptors (Lipinski definition) is 8. The lowest BCUT2D eigenvalue weighted by molar-refractivity contribution is 0.102. The molecule has 0 aliphatic heterocycles. The van der Waals surface area contributed by atoms with Crippen LogP contribution in [-0.2, 0) is 11.5 Å². The lowest BCUT2D eigenvalue weighted by Gasteiger charge is -2.06. The van der Waals surface area contributed by atoms with Crippen molar-refractivity contribution in [1.82, 2.24) is 20.2 Å². The van der Waals surface area contributed by atoms with Gasteiger partial charge in [0.25, 0.3) is 5.91 Å². The van der Waals surface area contributed by atoms with Gasteiger partial charge < -0.3 is 0 Å². The van der Waals surface area contributed by atoms with Gasteiger partial charge in [-0.1, -0.05) is 94.5 Å². The van der Waals surface area contributed by atoms with E-state index in [1.807, 2.05) is 25.1 Å². The molecular formula is C22H17ClFN5OS3. The number of nitrogens with zero attached hydrogens (tertiary/aromatic N) is 4. The molecule has 0 fully saturated rings. The molecule has 0 aliphatic rings.